The number of hydrogen-bond donors (Lipinski definition) is 2. The van der Waals surface area contributed by atoms with Crippen LogP contribution in [0.2, 0.25) is 0 Å². The van der Waals surface area contributed by atoms with Crippen LogP contribution in [0.25, 0.3) is 10.8 Å². The van der Waals surface area contributed by atoms with Crippen LogP contribution in [0.5, 0.6) is 0 Å². The summed E-state index contributed by atoms with van der Waals surface area (Å²) in [6, 6.07) is 1.35. The lowest BCUT2D eigenvalue weighted by molar-refractivity contribution is 0.197. The molecule has 0 aliphatic heterocycles. The summed E-state index contributed by atoms with van der Waals surface area (Å²) >= 11 is 0. The third-order valence-electron chi connectivity index (χ3n) is 4.73. The summed E-state index contributed by atoms with van der Waals surface area (Å²) in [5.41, 5.74) is -0.622. The third-order valence-corrected chi connectivity index (χ3v) is 4.73. The van der Waals surface area contributed by atoms with Crippen LogP contribution in [0, 0.1) is 29.1 Å². The van der Waals surface area contributed by atoms with Crippen molar-refractivity contribution >= 4 is 22.5 Å². The first kappa shape index (κ1) is 21.3. The highest BCUT2D eigenvalue weighted by Crippen LogP contribution is 2.28. The molecule has 1 heterocycles. The van der Waals surface area contributed by atoms with Gasteiger partial charge in [0.2, 0.25) is 0 Å². The number of carbonyl (C=O) groups is 1. The number of aromatic nitrogens is 1. The second-order valence-corrected chi connectivity index (χ2v) is 6.53. The Kier molecular flexibility index (Phi) is 5.77. The van der Waals surface area contributed by atoms with Gasteiger partial charge in [0.05, 0.1) is 11.4 Å². The number of nitrogens with zero attached hydrogens (tertiary/aromatic N) is 1. The maximum atomic E-state index is 13.8. The van der Waals surface area contributed by atoms with E-state index in [9.17, 15) is 31.5 Å². The van der Waals surface area contributed by atoms with Gasteiger partial charge in [0.1, 0.15) is 0 Å². The van der Waals surface area contributed by atoms with Crippen LogP contribution in [-0.4, -0.2) is 22.5 Å². The van der Waals surface area contributed by atoms with E-state index < -0.39 is 46.7 Å². The highest BCUT2D eigenvalue weighted by molar-refractivity contribution is 5.91. The number of H-pyrrole nitrogens is 1. The zero-order valence-electron chi connectivity index (χ0n) is 15.8. The molecule has 0 aliphatic rings. The van der Waals surface area contributed by atoms with E-state index in [1.165, 1.54) is 11.1 Å². The van der Waals surface area contributed by atoms with Crippen molar-refractivity contribution in [3.05, 3.63) is 75.5 Å². The molecule has 0 bridgehead atoms. The molecule has 0 spiro atoms. The van der Waals surface area contributed by atoms with Gasteiger partial charge in [-0.25, -0.2) is 26.7 Å². The zero-order valence-corrected chi connectivity index (χ0v) is 15.8. The van der Waals surface area contributed by atoms with Crippen molar-refractivity contribution < 1.29 is 26.7 Å². The zero-order chi connectivity index (χ0) is 22.2. The summed E-state index contributed by atoms with van der Waals surface area (Å²) in [5, 5.41) is 2.27. The second-order valence-electron chi connectivity index (χ2n) is 6.53. The number of carbonyl (C=O) groups excluding carboxylic acids is 1. The van der Waals surface area contributed by atoms with E-state index in [1.54, 1.807) is 13.8 Å². The van der Waals surface area contributed by atoms with E-state index in [1.807, 2.05) is 0 Å². The molecule has 1 unspecified atom stereocenters. The molecule has 2 aromatic carbocycles. The largest absolute Gasteiger partial charge is 0.328 e. The quantitative estimate of drug-likeness (QED) is 0.464. The number of pyridine rings is 1. The first-order valence-electron chi connectivity index (χ1n) is 8.86. The molecule has 0 fully saturated rings. The fourth-order valence-corrected chi connectivity index (χ4v) is 3.20. The molecule has 10 heteroatoms. The van der Waals surface area contributed by atoms with Crippen LogP contribution in [0.15, 0.2) is 35.3 Å². The minimum Gasteiger partial charge on any atom is -0.328 e. The first-order chi connectivity index (χ1) is 14.1. The average Bonchev–Trinajstić information content (AvgIpc) is 2.68. The molecule has 0 aliphatic carbocycles. The number of hydrogen-bond acceptors (Lipinski definition) is 2. The predicted octanol–water partition coefficient (Wildman–Crippen LogP) is 4.84. The smallest absolute Gasteiger partial charge is 0.322 e. The summed E-state index contributed by atoms with van der Waals surface area (Å²) in [7, 11) is 0. The molecule has 1 aromatic heterocycles. The SMILES string of the molecule is CCN(C(=O)Nc1cc(F)c(F)c(F)c1)C(C)c1c[nH]c(=O)c2cc(F)c(F)cc12. The summed E-state index contributed by atoms with van der Waals surface area (Å²) < 4.78 is 67.2. The van der Waals surface area contributed by atoms with Crippen LogP contribution in [0.1, 0.15) is 25.5 Å². The van der Waals surface area contributed by atoms with Gasteiger partial charge in [-0.3, -0.25) is 4.79 Å². The van der Waals surface area contributed by atoms with Crippen LogP contribution in [-0.2, 0) is 0 Å². The molecular weight excluding hydrogens is 409 g/mol. The van der Waals surface area contributed by atoms with Crippen molar-refractivity contribution in [1.82, 2.24) is 9.88 Å². The van der Waals surface area contributed by atoms with Gasteiger partial charge in [-0.2, -0.15) is 0 Å². The number of anilines is 1. The van der Waals surface area contributed by atoms with Crippen molar-refractivity contribution in [3.8, 4) is 0 Å². The number of amides is 2. The molecule has 0 saturated heterocycles. The first-order valence-corrected chi connectivity index (χ1v) is 8.86. The van der Waals surface area contributed by atoms with Gasteiger partial charge in [-0.1, -0.05) is 0 Å². The van der Waals surface area contributed by atoms with Crippen molar-refractivity contribution in [2.75, 3.05) is 11.9 Å². The normalized spacial score (nSPS) is 12.1. The fraction of sp³-hybridized carbons (Fsp3) is 0.200. The molecule has 3 aromatic rings. The minimum absolute atomic E-state index is 0.0996. The highest BCUT2D eigenvalue weighted by atomic mass is 19.2. The maximum absolute atomic E-state index is 13.8. The molecule has 158 valence electrons. The Bertz CT molecular complexity index is 1170. The summed E-state index contributed by atoms with van der Waals surface area (Å²) in [5.74, 6) is -6.95. The van der Waals surface area contributed by atoms with E-state index in [2.05, 4.69) is 10.3 Å². The van der Waals surface area contributed by atoms with Gasteiger partial charge in [-0.15, -0.1) is 0 Å². The van der Waals surface area contributed by atoms with E-state index in [0.29, 0.717) is 17.7 Å². The monoisotopic (exact) mass is 425 g/mol. The van der Waals surface area contributed by atoms with E-state index in [0.717, 1.165) is 12.1 Å². The summed E-state index contributed by atoms with van der Waals surface area (Å²) in [6.45, 7) is 3.31. The van der Waals surface area contributed by atoms with Gasteiger partial charge in [0.15, 0.2) is 29.1 Å². The summed E-state index contributed by atoms with van der Waals surface area (Å²) in [4.78, 5) is 28.3. The highest BCUT2D eigenvalue weighted by Gasteiger charge is 2.24. The van der Waals surface area contributed by atoms with Gasteiger partial charge in [0.25, 0.3) is 5.56 Å². The predicted molar refractivity (Wildman–Crippen MR) is 101 cm³/mol. The second kappa shape index (κ2) is 8.13. The molecule has 5 nitrogen and oxygen atoms in total. The standard InChI is InChI=1S/C20H16F5N3O2/c1-3-28(20(30)27-10-4-16(23)18(25)17(24)5-10)9(2)13-8-26-19(29)12-7-15(22)14(21)6-11(12)13/h4-9H,3H2,1-2H3,(H,26,29)(H,27,30). The minimum atomic E-state index is -1.66. The van der Waals surface area contributed by atoms with E-state index in [-0.39, 0.29) is 23.0 Å². The van der Waals surface area contributed by atoms with Crippen LogP contribution in [0.4, 0.5) is 32.4 Å². The number of nitrogens with one attached hydrogen (secondary N) is 2. The third kappa shape index (κ3) is 3.85. The number of halogens is 5. The molecule has 2 N–H and O–H groups in total. The van der Waals surface area contributed by atoms with Crippen LogP contribution < -0.4 is 10.9 Å². The van der Waals surface area contributed by atoms with Crippen molar-refractivity contribution in [3.63, 3.8) is 0 Å². The van der Waals surface area contributed by atoms with E-state index >= 15 is 0 Å². The lowest BCUT2D eigenvalue weighted by atomic mass is 10.0. The number of urea groups is 1. The Morgan fingerprint density at radius 3 is 2.13 bits per heavy atom. The van der Waals surface area contributed by atoms with Crippen molar-refractivity contribution in [2.24, 2.45) is 0 Å². The number of benzene rings is 2. The van der Waals surface area contributed by atoms with Crippen molar-refractivity contribution in [1.29, 1.82) is 0 Å². The summed E-state index contributed by atoms with van der Waals surface area (Å²) in [6.07, 6.45) is 1.28. The van der Waals surface area contributed by atoms with Gasteiger partial charge in [0, 0.05) is 30.6 Å². The Morgan fingerprint density at radius 2 is 1.57 bits per heavy atom. The molecule has 0 radical (unpaired) electrons. The number of fused-ring (bicyclic) bond motifs is 1. The Hall–Kier alpha value is -3.43. The molecular formula is C20H16F5N3O2. The van der Waals surface area contributed by atoms with Gasteiger partial charge >= 0.3 is 6.03 Å². The maximum Gasteiger partial charge on any atom is 0.322 e. The molecule has 30 heavy (non-hydrogen) atoms. The lowest BCUT2D eigenvalue weighted by Gasteiger charge is -2.29. The fourth-order valence-electron chi connectivity index (χ4n) is 3.20. The van der Waals surface area contributed by atoms with Gasteiger partial charge < -0.3 is 15.2 Å². The molecule has 2 amide bonds. The van der Waals surface area contributed by atoms with Crippen molar-refractivity contribution in [2.45, 2.75) is 19.9 Å². The Balaban J connectivity index is 1.97. The molecule has 3 rings (SSSR count). The number of aromatic amines is 1. The topological polar surface area (TPSA) is 65.2 Å². The molecule has 0 saturated carbocycles. The average molecular weight is 425 g/mol. The van der Waals surface area contributed by atoms with E-state index in [4.69, 9.17) is 0 Å². The number of rotatable bonds is 4. The lowest BCUT2D eigenvalue weighted by Crippen LogP contribution is -2.37. The van der Waals surface area contributed by atoms with Gasteiger partial charge in [-0.05, 0) is 36.9 Å². The Labute approximate surface area is 167 Å². The molecule has 1 atom stereocenters. The van der Waals surface area contributed by atoms with Crippen LogP contribution in [0.3, 0.4) is 0 Å². The Morgan fingerprint density at radius 1 is 1.00 bits per heavy atom. The van der Waals surface area contributed by atoms with Crippen LogP contribution >= 0.6 is 0 Å².